The number of nitrogens with zero attached hydrogens (tertiary/aromatic N) is 1. The molecule has 2 rings (SSSR count). The molecule has 0 spiro atoms. The van der Waals surface area contributed by atoms with Crippen molar-refractivity contribution in [3.63, 3.8) is 0 Å². The monoisotopic (exact) mass is 436 g/mol. The third-order valence-corrected chi connectivity index (χ3v) is 5.56. The van der Waals surface area contributed by atoms with Crippen molar-refractivity contribution in [2.24, 2.45) is 0 Å². The summed E-state index contributed by atoms with van der Waals surface area (Å²) in [7, 11) is 1.50. The molecule has 0 aromatic heterocycles. The molecule has 0 aliphatic carbocycles. The molecule has 0 aliphatic rings. The average Bonchev–Trinajstić information content (AvgIpc) is 2.76. The van der Waals surface area contributed by atoms with Crippen molar-refractivity contribution in [3.8, 4) is 0 Å². The summed E-state index contributed by atoms with van der Waals surface area (Å²) in [4.78, 5) is 27.2. The number of hydrogen-bond acceptors (Lipinski definition) is 3. The lowest BCUT2D eigenvalue weighted by molar-refractivity contribution is -0.122. The highest BCUT2D eigenvalue weighted by atomic mass is 35.5. The second kappa shape index (κ2) is 11.2. The van der Waals surface area contributed by atoms with Crippen molar-refractivity contribution in [1.29, 1.82) is 0 Å². The number of carbonyl (C=O) groups is 2. The normalized spacial score (nSPS) is 12.9. The van der Waals surface area contributed by atoms with E-state index < -0.39 is 22.6 Å². The van der Waals surface area contributed by atoms with Gasteiger partial charge in [0.05, 0.1) is 5.69 Å². The van der Waals surface area contributed by atoms with E-state index in [0.717, 1.165) is 29.7 Å². The molecule has 156 valence electrons. The minimum Gasteiger partial charge on any atom is -0.364 e. The van der Waals surface area contributed by atoms with Gasteiger partial charge in [-0.15, -0.1) is 23.2 Å². The molecule has 0 bridgehead atoms. The van der Waals surface area contributed by atoms with E-state index in [4.69, 9.17) is 27.9 Å². The number of para-hydroxylation sites is 2. The van der Waals surface area contributed by atoms with Crippen LogP contribution in [0.4, 0.5) is 11.4 Å². The zero-order chi connectivity index (χ0) is 21.4. The number of rotatable bonds is 9. The predicted octanol–water partition coefficient (Wildman–Crippen LogP) is 4.60. The first-order chi connectivity index (χ1) is 13.9. The lowest BCUT2D eigenvalue weighted by atomic mass is 10.0. The molecule has 2 aromatic rings. The van der Waals surface area contributed by atoms with Gasteiger partial charge in [-0.05, 0) is 36.1 Å². The van der Waals surface area contributed by atoms with Crippen molar-refractivity contribution in [2.75, 3.05) is 24.1 Å². The lowest BCUT2D eigenvalue weighted by Gasteiger charge is -2.29. The van der Waals surface area contributed by atoms with E-state index in [2.05, 4.69) is 5.32 Å². The smallest absolute Gasteiger partial charge is 0.249 e. The molecule has 2 aromatic carbocycles. The number of benzene rings is 2. The van der Waals surface area contributed by atoms with Crippen molar-refractivity contribution in [1.82, 2.24) is 0 Å². The largest absolute Gasteiger partial charge is 0.364 e. The molecule has 0 heterocycles. The number of alkyl halides is 2. The Morgan fingerprint density at radius 3 is 2.07 bits per heavy atom. The van der Waals surface area contributed by atoms with Crippen LogP contribution in [0.2, 0.25) is 0 Å². The molecule has 0 aliphatic heterocycles. The Bertz CT molecular complexity index is 808. The third kappa shape index (κ3) is 5.72. The zero-order valence-electron chi connectivity index (χ0n) is 16.8. The Kier molecular flexibility index (Phi) is 8.96. The highest BCUT2D eigenvalue weighted by Gasteiger charge is 2.35. The fourth-order valence-corrected chi connectivity index (χ4v) is 3.46. The Balaban J connectivity index is 2.27. The third-order valence-electron chi connectivity index (χ3n) is 4.54. The molecule has 7 heteroatoms. The number of hydrogen-bond donors (Lipinski definition) is 1. The van der Waals surface area contributed by atoms with E-state index in [1.807, 2.05) is 38.1 Å². The van der Waals surface area contributed by atoms with E-state index in [0.29, 0.717) is 5.69 Å². The molecule has 0 fully saturated rings. The van der Waals surface area contributed by atoms with Crippen molar-refractivity contribution in [3.05, 3.63) is 59.7 Å². The van der Waals surface area contributed by atoms with E-state index in [9.17, 15) is 9.59 Å². The molecular weight excluding hydrogens is 411 g/mol. The maximum Gasteiger partial charge on any atom is 0.249 e. The number of anilines is 2. The summed E-state index contributed by atoms with van der Waals surface area (Å²) in [6.45, 7) is 4.04. The Hall–Kier alpha value is -2.08. The van der Waals surface area contributed by atoms with Gasteiger partial charge in [-0.25, -0.2) is 0 Å². The van der Waals surface area contributed by atoms with Crippen LogP contribution in [0, 0.1) is 0 Å². The number of aryl methyl sites for hydroxylation is 2. The van der Waals surface area contributed by atoms with Gasteiger partial charge in [-0.3, -0.25) is 14.5 Å². The molecule has 29 heavy (non-hydrogen) atoms. The second-order valence-electron chi connectivity index (χ2n) is 6.47. The number of halogens is 2. The lowest BCUT2D eigenvalue weighted by Crippen LogP contribution is -2.45. The second-order valence-corrected chi connectivity index (χ2v) is 7.42. The maximum atomic E-state index is 13.2. The van der Waals surface area contributed by atoms with Crippen LogP contribution in [0.15, 0.2) is 48.5 Å². The summed E-state index contributed by atoms with van der Waals surface area (Å²) >= 11 is 12.6. The first-order valence-electron chi connectivity index (χ1n) is 9.49. The van der Waals surface area contributed by atoms with Gasteiger partial charge >= 0.3 is 0 Å². The molecule has 1 N–H and O–H groups in total. The molecule has 2 unspecified atom stereocenters. The number of ether oxygens (including phenoxy) is 1. The van der Waals surface area contributed by atoms with Crippen LogP contribution < -0.4 is 10.2 Å². The summed E-state index contributed by atoms with van der Waals surface area (Å²) in [5.74, 6) is -1.02. The Morgan fingerprint density at radius 2 is 1.55 bits per heavy atom. The summed E-state index contributed by atoms with van der Waals surface area (Å²) in [6.07, 6.45) is 1.48. The molecule has 2 amide bonds. The van der Waals surface area contributed by atoms with Gasteiger partial charge in [0.1, 0.15) is 17.5 Å². The molecule has 0 saturated heterocycles. The summed E-state index contributed by atoms with van der Waals surface area (Å²) in [5.41, 5.74) is 3.34. The van der Waals surface area contributed by atoms with Gasteiger partial charge in [0.15, 0.2) is 0 Å². The fraction of sp³-hybridized carbons (Fsp3) is 0.364. The number of nitrogens with one attached hydrogen (secondary N) is 1. The summed E-state index contributed by atoms with van der Waals surface area (Å²) in [6, 6.07) is 14.8. The Labute approximate surface area is 181 Å². The van der Waals surface area contributed by atoms with Crippen LogP contribution in [0.5, 0.6) is 0 Å². The van der Waals surface area contributed by atoms with Crippen molar-refractivity contribution in [2.45, 2.75) is 37.4 Å². The van der Waals surface area contributed by atoms with Gasteiger partial charge in [-0.2, -0.15) is 0 Å². The minimum absolute atomic E-state index is 0.00990. The first kappa shape index (κ1) is 23.2. The van der Waals surface area contributed by atoms with Crippen LogP contribution >= 0.6 is 23.2 Å². The average molecular weight is 437 g/mol. The topological polar surface area (TPSA) is 58.6 Å². The summed E-state index contributed by atoms with van der Waals surface area (Å²) in [5, 5.41) is 0.169. The molecule has 0 radical (unpaired) electrons. The SMILES string of the molecule is CCc1cccc(CC)c1N(COC)C(=O)C(Cl)C(Cl)C(=O)Nc1ccccc1. The van der Waals surface area contributed by atoms with Gasteiger partial charge in [0.2, 0.25) is 11.8 Å². The van der Waals surface area contributed by atoms with Gasteiger partial charge in [-0.1, -0.05) is 50.2 Å². The van der Waals surface area contributed by atoms with E-state index in [-0.39, 0.29) is 6.73 Å². The van der Waals surface area contributed by atoms with Gasteiger partial charge in [0.25, 0.3) is 0 Å². The Morgan fingerprint density at radius 1 is 0.966 bits per heavy atom. The van der Waals surface area contributed by atoms with Crippen LogP contribution in [-0.2, 0) is 27.2 Å². The predicted molar refractivity (Wildman–Crippen MR) is 119 cm³/mol. The first-order valence-corrected chi connectivity index (χ1v) is 10.4. The highest BCUT2D eigenvalue weighted by molar-refractivity contribution is 6.44. The van der Waals surface area contributed by atoms with E-state index in [1.54, 1.807) is 24.3 Å². The van der Waals surface area contributed by atoms with Gasteiger partial charge in [0, 0.05) is 12.8 Å². The van der Waals surface area contributed by atoms with Crippen LogP contribution in [-0.4, -0.2) is 36.4 Å². The highest BCUT2D eigenvalue weighted by Crippen LogP contribution is 2.29. The fourth-order valence-electron chi connectivity index (χ4n) is 3.07. The minimum atomic E-state index is -1.26. The zero-order valence-corrected chi connectivity index (χ0v) is 18.3. The molecule has 0 saturated carbocycles. The van der Waals surface area contributed by atoms with Crippen molar-refractivity contribution < 1.29 is 14.3 Å². The number of carbonyl (C=O) groups excluding carboxylic acids is 2. The quantitative estimate of drug-likeness (QED) is 0.461. The maximum absolute atomic E-state index is 13.2. The van der Waals surface area contributed by atoms with Gasteiger partial charge < -0.3 is 10.1 Å². The number of methoxy groups -OCH3 is 1. The van der Waals surface area contributed by atoms with Crippen LogP contribution in [0.1, 0.15) is 25.0 Å². The van der Waals surface area contributed by atoms with E-state index in [1.165, 1.54) is 12.0 Å². The summed E-state index contributed by atoms with van der Waals surface area (Å²) < 4.78 is 5.27. The van der Waals surface area contributed by atoms with E-state index >= 15 is 0 Å². The molecule has 2 atom stereocenters. The van der Waals surface area contributed by atoms with Crippen molar-refractivity contribution >= 4 is 46.4 Å². The standard InChI is InChI=1S/C22H26Cl2N2O3/c1-4-15-10-9-11-16(5-2)20(15)26(14-29-3)22(28)19(24)18(23)21(27)25-17-12-7-6-8-13-17/h6-13,18-19H,4-5,14H2,1-3H3,(H,25,27). The molecule has 5 nitrogen and oxygen atoms in total. The van der Waals surface area contributed by atoms with Crippen LogP contribution in [0.25, 0.3) is 0 Å². The number of amides is 2. The molecular formula is C22H26Cl2N2O3. The van der Waals surface area contributed by atoms with Crippen LogP contribution in [0.3, 0.4) is 0 Å².